The summed E-state index contributed by atoms with van der Waals surface area (Å²) in [7, 11) is 0. The van der Waals surface area contributed by atoms with E-state index in [0.29, 0.717) is 11.9 Å². The molecular formula is C11H8N2O. The van der Waals surface area contributed by atoms with Gasteiger partial charge in [-0.05, 0) is 17.7 Å². The van der Waals surface area contributed by atoms with Crippen LogP contribution in [-0.2, 0) is 6.42 Å². The second kappa shape index (κ2) is 3.35. The zero-order valence-electron chi connectivity index (χ0n) is 7.44. The van der Waals surface area contributed by atoms with Gasteiger partial charge >= 0.3 is 0 Å². The van der Waals surface area contributed by atoms with Crippen molar-refractivity contribution in [3.05, 3.63) is 36.0 Å². The van der Waals surface area contributed by atoms with Crippen LogP contribution in [0.15, 0.2) is 30.5 Å². The van der Waals surface area contributed by atoms with E-state index in [2.05, 4.69) is 11.1 Å². The van der Waals surface area contributed by atoms with Gasteiger partial charge in [0.2, 0.25) is 0 Å². The molecule has 1 aromatic carbocycles. The Morgan fingerprint density at radius 3 is 3.07 bits per heavy atom. The lowest BCUT2D eigenvalue weighted by Gasteiger charge is -2.00. The van der Waals surface area contributed by atoms with Crippen molar-refractivity contribution >= 4 is 10.9 Å². The lowest BCUT2D eigenvalue weighted by atomic mass is 10.1. The summed E-state index contributed by atoms with van der Waals surface area (Å²) in [5.41, 5.74) is 1.44. The SMILES string of the molecule is N#CCc1cnc2c(O)cccc2c1. The summed E-state index contributed by atoms with van der Waals surface area (Å²) in [4.78, 5) is 4.10. The van der Waals surface area contributed by atoms with Crippen molar-refractivity contribution in [3.63, 3.8) is 0 Å². The average Bonchev–Trinajstić information content (AvgIpc) is 2.18. The smallest absolute Gasteiger partial charge is 0.141 e. The van der Waals surface area contributed by atoms with Gasteiger partial charge < -0.3 is 5.11 Å². The summed E-state index contributed by atoms with van der Waals surface area (Å²) in [5.74, 6) is 0.172. The van der Waals surface area contributed by atoms with Gasteiger partial charge in [-0.1, -0.05) is 12.1 Å². The summed E-state index contributed by atoms with van der Waals surface area (Å²) in [6.07, 6.45) is 1.96. The Morgan fingerprint density at radius 1 is 1.43 bits per heavy atom. The van der Waals surface area contributed by atoms with Crippen molar-refractivity contribution in [1.29, 1.82) is 5.26 Å². The fraction of sp³-hybridized carbons (Fsp3) is 0.0909. The van der Waals surface area contributed by atoms with Gasteiger partial charge in [-0.3, -0.25) is 4.98 Å². The lowest BCUT2D eigenvalue weighted by molar-refractivity contribution is 0.480. The van der Waals surface area contributed by atoms with E-state index >= 15 is 0 Å². The number of aromatic hydroxyl groups is 1. The van der Waals surface area contributed by atoms with Crippen molar-refractivity contribution in [2.45, 2.75) is 6.42 Å². The van der Waals surface area contributed by atoms with Crippen molar-refractivity contribution < 1.29 is 5.11 Å². The van der Waals surface area contributed by atoms with Gasteiger partial charge in [0.25, 0.3) is 0 Å². The largest absolute Gasteiger partial charge is 0.506 e. The quantitative estimate of drug-likeness (QED) is 0.737. The molecule has 0 fully saturated rings. The predicted molar refractivity (Wildman–Crippen MR) is 52.7 cm³/mol. The molecule has 1 N–H and O–H groups in total. The van der Waals surface area contributed by atoms with E-state index in [1.165, 1.54) is 0 Å². The fourth-order valence-electron chi connectivity index (χ4n) is 1.38. The van der Waals surface area contributed by atoms with Gasteiger partial charge in [0.05, 0.1) is 12.5 Å². The molecule has 2 rings (SSSR count). The maximum Gasteiger partial charge on any atom is 0.141 e. The summed E-state index contributed by atoms with van der Waals surface area (Å²) in [6, 6.07) is 9.15. The molecule has 0 atom stereocenters. The van der Waals surface area contributed by atoms with Gasteiger partial charge in [-0.25, -0.2) is 0 Å². The third kappa shape index (κ3) is 1.38. The molecule has 0 unspecified atom stereocenters. The van der Waals surface area contributed by atoms with Crippen LogP contribution in [0.25, 0.3) is 10.9 Å². The molecule has 3 nitrogen and oxygen atoms in total. The third-order valence-electron chi connectivity index (χ3n) is 2.03. The third-order valence-corrected chi connectivity index (χ3v) is 2.03. The number of phenolic OH excluding ortho intramolecular Hbond substituents is 1. The van der Waals surface area contributed by atoms with Crippen LogP contribution < -0.4 is 0 Å². The Bertz CT molecular complexity index is 514. The normalized spacial score (nSPS) is 9.93. The van der Waals surface area contributed by atoms with E-state index in [-0.39, 0.29) is 5.75 Å². The Morgan fingerprint density at radius 2 is 2.29 bits per heavy atom. The molecule has 1 aromatic heterocycles. The van der Waals surface area contributed by atoms with Crippen molar-refractivity contribution in [1.82, 2.24) is 4.98 Å². The molecule has 3 heteroatoms. The highest BCUT2D eigenvalue weighted by atomic mass is 16.3. The zero-order valence-corrected chi connectivity index (χ0v) is 7.44. The number of nitriles is 1. The Balaban J connectivity index is 2.63. The minimum Gasteiger partial charge on any atom is -0.506 e. The Labute approximate surface area is 81.2 Å². The van der Waals surface area contributed by atoms with Crippen LogP contribution in [0.5, 0.6) is 5.75 Å². The van der Waals surface area contributed by atoms with Crippen LogP contribution in [-0.4, -0.2) is 10.1 Å². The molecule has 0 saturated heterocycles. The number of aromatic nitrogens is 1. The number of benzene rings is 1. The number of pyridine rings is 1. The van der Waals surface area contributed by atoms with E-state index in [0.717, 1.165) is 10.9 Å². The molecule has 0 bridgehead atoms. The molecule has 0 aliphatic heterocycles. The van der Waals surface area contributed by atoms with E-state index in [1.54, 1.807) is 18.3 Å². The second-order valence-corrected chi connectivity index (χ2v) is 3.03. The van der Waals surface area contributed by atoms with Crippen LogP contribution in [0.4, 0.5) is 0 Å². The Hall–Kier alpha value is -2.08. The standard InChI is InChI=1S/C11H8N2O/c12-5-4-8-6-9-2-1-3-10(14)11(9)13-7-8/h1-3,6-7,14H,4H2. The van der Waals surface area contributed by atoms with Crippen LogP contribution in [0, 0.1) is 11.3 Å². The van der Waals surface area contributed by atoms with Crippen molar-refractivity contribution in [2.24, 2.45) is 0 Å². The van der Waals surface area contributed by atoms with Gasteiger partial charge in [0, 0.05) is 11.6 Å². The first-order valence-corrected chi connectivity index (χ1v) is 4.25. The van der Waals surface area contributed by atoms with Crippen LogP contribution in [0.2, 0.25) is 0 Å². The molecule has 0 spiro atoms. The van der Waals surface area contributed by atoms with E-state index < -0.39 is 0 Å². The topological polar surface area (TPSA) is 56.9 Å². The molecule has 0 aliphatic carbocycles. The number of nitrogens with zero attached hydrogens (tertiary/aromatic N) is 2. The predicted octanol–water partition coefficient (Wildman–Crippen LogP) is 2.01. The fourth-order valence-corrected chi connectivity index (χ4v) is 1.38. The van der Waals surface area contributed by atoms with E-state index in [4.69, 9.17) is 5.26 Å². The first-order chi connectivity index (χ1) is 6.81. The number of phenols is 1. The van der Waals surface area contributed by atoms with E-state index in [1.807, 2.05) is 12.1 Å². The van der Waals surface area contributed by atoms with Crippen molar-refractivity contribution in [2.75, 3.05) is 0 Å². The molecule has 0 amide bonds. The first-order valence-electron chi connectivity index (χ1n) is 4.25. The van der Waals surface area contributed by atoms with Crippen LogP contribution in [0.3, 0.4) is 0 Å². The summed E-state index contributed by atoms with van der Waals surface area (Å²) >= 11 is 0. The second-order valence-electron chi connectivity index (χ2n) is 3.03. The number of para-hydroxylation sites is 1. The maximum absolute atomic E-state index is 9.46. The molecule has 1 heterocycles. The monoisotopic (exact) mass is 184 g/mol. The number of fused-ring (bicyclic) bond motifs is 1. The molecule has 0 radical (unpaired) electrons. The number of hydrogen-bond acceptors (Lipinski definition) is 3. The number of rotatable bonds is 1. The molecule has 0 aliphatic rings. The van der Waals surface area contributed by atoms with Crippen molar-refractivity contribution in [3.8, 4) is 11.8 Å². The highest BCUT2D eigenvalue weighted by molar-refractivity contribution is 5.84. The highest BCUT2D eigenvalue weighted by Crippen LogP contribution is 2.22. The molecule has 68 valence electrons. The Kier molecular flexibility index (Phi) is 2.04. The zero-order chi connectivity index (χ0) is 9.97. The summed E-state index contributed by atoms with van der Waals surface area (Å²) in [6.45, 7) is 0. The lowest BCUT2D eigenvalue weighted by Crippen LogP contribution is -1.85. The molecule has 0 saturated carbocycles. The van der Waals surface area contributed by atoms with Gasteiger partial charge in [-0.15, -0.1) is 0 Å². The van der Waals surface area contributed by atoms with Crippen LogP contribution in [0.1, 0.15) is 5.56 Å². The average molecular weight is 184 g/mol. The van der Waals surface area contributed by atoms with Crippen LogP contribution >= 0.6 is 0 Å². The molecule has 14 heavy (non-hydrogen) atoms. The summed E-state index contributed by atoms with van der Waals surface area (Å²) < 4.78 is 0. The first kappa shape index (κ1) is 8.52. The minimum absolute atomic E-state index is 0.172. The highest BCUT2D eigenvalue weighted by Gasteiger charge is 2.01. The molecule has 2 aromatic rings. The maximum atomic E-state index is 9.46. The molecular weight excluding hydrogens is 176 g/mol. The van der Waals surface area contributed by atoms with Gasteiger partial charge in [0.1, 0.15) is 11.3 Å². The minimum atomic E-state index is 0.172. The number of hydrogen-bond donors (Lipinski definition) is 1. The van der Waals surface area contributed by atoms with E-state index in [9.17, 15) is 5.11 Å². The van der Waals surface area contributed by atoms with Gasteiger partial charge in [-0.2, -0.15) is 5.26 Å². The summed E-state index contributed by atoms with van der Waals surface area (Å²) in [5, 5.41) is 18.8. The van der Waals surface area contributed by atoms with Gasteiger partial charge in [0.15, 0.2) is 0 Å².